The van der Waals surface area contributed by atoms with Crippen molar-refractivity contribution < 1.29 is 19.0 Å². The number of nitrogens with zero attached hydrogens (tertiary/aromatic N) is 2. The molecule has 7 nitrogen and oxygen atoms in total. The van der Waals surface area contributed by atoms with Crippen LogP contribution in [0.2, 0.25) is 0 Å². The Morgan fingerprint density at radius 2 is 1.72 bits per heavy atom. The zero-order valence-electron chi connectivity index (χ0n) is 10.3. The lowest BCUT2D eigenvalue weighted by atomic mass is 10.1. The molecule has 1 aromatic rings. The molecule has 2 amide bonds. The van der Waals surface area contributed by atoms with Crippen LogP contribution in [0.15, 0.2) is 22.4 Å². The highest BCUT2D eigenvalue weighted by molar-refractivity contribution is 5.76. The van der Waals surface area contributed by atoms with Crippen LogP contribution >= 0.6 is 0 Å². The lowest BCUT2D eigenvalue weighted by Crippen LogP contribution is -2.18. The largest absolute Gasteiger partial charge is 0.493 e. The van der Waals surface area contributed by atoms with E-state index in [0.717, 1.165) is 0 Å². The number of carbonyl (C=O) groups excluding carboxylic acids is 1. The predicted molar refractivity (Wildman–Crippen MR) is 62.2 cm³/mol. The molecule has 0 bridgehead atoms. The highest BCUT2D eigenvalue weighted by Crippen LogP contribution is 2.40. The Balaban J connectivity index is 2.43. The molecule has 18 heavy (non-hydrogen) atoms. The molecule has 0 saturated heterocycles. The zero-order chi connectivity index (χ0) is 13.1. The molecule has 7 heteroatoms. The smallest absolute Gasteiger partial charge is 0.361 e. The number of benzene rings is 1. The van der Waals surface area contributed by atoms with Crippen molar-refractivity contribution in [2.75, 3.05) is 21.3 Å². The number of hydrogen-bond donors (Lipinski definition) is 1. The minimum absolute atomic E-state index is 0.464. The van der Waals surface area contributed by atoms with Gasteiger partial charge in [-0.2, -0.15) is 5.11 Å². The van der Waals surface area contributed by atoms with Crippen LogP contribution in [-0.4, -0.2) is 27.4 Å². The summed E-state index contributed by atoms with van der Waals surface area (Å²) in [4.78, 5) is 11.0. The minimum Gasteiger partial charge on any atom is -0.493 e. The van der Waals surface area contributed by atoms with Crippen molar-refractivity contribution in [2.45, 2.75) is 6.17 Å². The summed E-state index contributed by atoms with van der Waals surface area (Å²) in [6, 6.07) is 2.97. The van der Waals surface area contributed by atoms with Gasteiger partial charge in [-0.15, -0.1) is 0 Å². The molecule has 0 aliphatic carbocycles. The van der Waals surface area contributed by atoms with Gasteiger partial charge in [0.05, 0.1) is 21.3 Å². The van der Waals surface area contributed by atoms with Gasteiger partial charge in [0.1, 0.15) is 0 Å². The van der Waals surface area contributed by atoms with Crippen LogP contribution in [0, 0.1) is 0 Å². The Morgan fingerprint density at radius 3 is 2.11 bits per heavy atom. The van der Waals surface area contributed by atoms with E-state index in [2.05, 4.69) is 15.5 Å². The summed E-state index contributed by atoms with van der Waals surface area (Å²) < 4.78 is 15.6. The molecular weight excluding hydrogens is 238 g/mol. The standard InChI is InChI=1S/C11H13N3O4/c1-16-7-4-6(10-12-11(15)14-13-10)5-8(17-2)9(7)18-3/h4-5,10H,1-3H3,(H,12,15). The van der Waals surface area contributed by atoms with Crippen LogP contribution in [0.1, 0.15) is 11.7 Å². The van der Waals surface area contributed by atoms with Crippen molar-refractivity contribution in [3.63, 3.8) is 0 Å². The maximum absolute atomic E-state index is 11.0. The minimum atomic E-state index is -0.522. The normalized spacial score (nSPS) is 17.5. The Bertz CT molecular complexity index is 476. The lowest BCUT2D eigenvalue weighted by molar-refractivity contribution is 0.250. The SMILES string of the molecule is COc1cc(C2N=NC(=O)N2)cc(OC)c1OC. The van der Waals surface area contributed by atoms with E-state index in [1.165, 1.54) is 21.3 Å². The number of ether oxygens (including phenoxy) is 3. The molecule has 1 atom stereocenters. The average molecular weight is 251 g/mol. The predicted octanol–water partition coefficient (Wildman–Crippen LogP) is 1.89. The Morgan fingerprint density at radius 1 is 1.11 bits per heavy atom. The summed E-state index contributed by atoms with van der Waals surface area (Å²) in [5.74, 6) is 1.50. The monoisotopic (exact) mass is 251 g/mol. The highest BCUT2D eigenvalue weighted by Gasteiger charge is 2.23. The van der Waals surface area contributed by atoms with E-state index in [9.17, 15) is 4.79 Å². The maximum atomic E-state index is 11.0. The zero-order valence-corrected chi connectivity index (χ0v) is 10.3. The Labute approximate surface area is 104 Å². The lowest BCUT2D eigenvalue weighted by Gasteiger charge is -2.15. The third-order valence-electron chi connectivity index (χ3n) is 2.53. The molecule has 96 valence electrons. The second-order valence-corrected chi connectivity index (χ2v) is 3.53. The van der Waals surface area contributed by atoms with Gasteiger partial charge >= 0.3 is 6.03 Å². The molecule has 2 rings (SSSR count). The summed E-state index contributed by atoms with van der Waals surface area (Å²) in [6.07, 6.45) is -0.522. The molecule has 0 aromatic heterocycles. The molecule has 0 fully saturated rings. The van der Waals surface area contributed by atoms with Crippen LogP contribution in [0.3, 0.4) is 0 Å². The molecule has 1 heterocycles. The number of nitrogens with one attached hydrogen (secondary N) is 1. The first kappa shape index (κ1) is 12.2. The number of rotatable bonds is 4. The molecule has 1 aromatic carbocycles. The fourth-order valence-corrected chi connectivity index (χ4v) is 1.69. The van der Waals surface area contributed by atoms with Crippen molar-refractivity contribution in [1.29, 1.82) is 0 Å². The number of hydrogen-bond acceptors (Lipinski definition) is 5. The first-order valence-corrected chi connectivity index (χ1v) is 5.21. The van der Waals surface area contributed by atoms with Crippen LogP contribution in [0.4, 0.5) is 4.79 Å². The second kappa shape index (κ2) is 4.91. The van der Waals surface area contributed by atoms with Crippen molar-refractivity contribution in [1.82, 2.24) is 5.32 Å². The van der Waals surface area contributed by atoms with Gasteiger partial charge in [-0.05, 0) is 12.1 Å². The summed E-state index contributed by atoms with van der Waals surface area (Å²) in [5, 5.41) is 9.80. The first-order chi connectivity index (χ1) is 8.69. The molecule has 0 saturated carbocycles. The summed E-state index contributed by atoms with van der Waals surface area (Å²) >= 11 is 0. The van der Waals surface area contributed by atoms with E-state index in [0.29, 0.717) is 22.8 Å². The fraction of sp³-hybridized carbons (Fsp3) is 0.364. The number of amides is 2. The van der Waals surface area contributed by atoms with Gasteiger partial charge in [-0.3, -0.25) is 0 Å². The Hall–Kier alpha value is -2.31. The van der Waals surface area contributed by atoms with Crippen molar-refractivity contribution in [2.24, 2.45) is 10.2 Å². The number of azo groups is 1. The average Bonchev–Trinajstić information content (AvgIpc) is 2.83. The molecule has 1 aliphatic rings. The maximum Gasteiger partial charge on any atom is 0.361 e. The van der Waals surface area contributed by atoms with Crippen molar-refractivity contribution in [3.8, 4) is 17.2 Å². The molecule has 0 radical (unpaired) electrons. The molecular formula is C11H13N3O4. The van der Waals surface area contributed by atoms with Crippen molar-refractivity contribution in [3.05, 3.63) is 17.7 Å². The second-order valence-electron chi connectivity index (χ2n) is 3.53. The van der Waals surface area contributed by atoms with Gasteiger partial charge in [0.2, 0.25) is 5.75 Å². The van der Waals surface area contributed by atoms with Gasteiger partial charge in [0.25, 0.3) is 0 Å². The van der Waals surface area contributed by atoms with E-state index in [1.54, 1.807) is 12.1 Å². The highest BCUT2D eigenvalue weighted by atomic mass is 16.5. The number of carbonyl (C=O) groups is 1. The van der Waals surface area contributed by atoms with E-state index >= 15 is 0 Å². The van der Waals surface area contributed by atoms with Gasteiger partial charge in [0.15, 0.2) is 17.7 Å². The van der Waals surface area contributed by atoms with E-state index in [4.69, 9.17) is 14.2 Å². The topological polar surface area (TPSA) is 81.5 Å². The van der Waals surface area contributed by atoms with Gasteiger partial charge < -0.3 is 19.5 Å². The number of urea groups is 1. The van der Waals surface area contributed by atoms with Crippen LogP contribution in [0.25, 0.3) is 0 Å². The fourth-order valence-electron chi connectivity index (χ4n) is 1.69. The van der Waals surface area contributed by atoms with E-state index in [-0.39, 0.29) is 0 Å². The van der Waals surface area contributed by atoms with Crippen LogP contribution < -0.4 is 19.5 Å². The van der Waals surface area contributed by atoms with Gasteiger partial charge in [-0.1, -0.05) is 5.11 Å². The van der Waals surface area contributed by atoms with Crippen LogP contribution in [0.5, 0.6) is 17.2 Å². The third-order valence-corrected chi connectivity index (χ3v) is 2.53. The van der Waals surface area contributed by atoms with Gasteiger partial charge in [0, 0.05) is 5.56 Å². The van der Waals surface area contributed by atoms with Gasteiger partial charge in [-0.25, -0.2) is 4.79 Å². The molecule has 1 N–H and O–H groups in total. The van der Waals surface area contributed by atoms with Crippen molar-refractivity contribution >= 4 is 6.03 Å². The van der Waals surface area contributed by atoms with E-state index in [1.807, 2.05) is 0 Å². The summed E-state index contributed by atoms with van der Waals surface area (Å²) in [6.45, 7) is 0. The summed E-state index contributed by atoms with van der Waals surface area (Å²) in [7, 11) is 4.57. The molecule has 0 spiro atoms. The van der Waals surface area contributed by atoms with Crippen LogP contribution in [-0.2, 0) is 0 Å². The quantitative estimate of drug-likeness (QED) is 0.885. The third kappa shape index (κ3) is 2.06. The first-order valence-electron chi connectivity index (χ1n) is 5.21. The molecule has 1 unspecified atom stereocenters. The Kier molecular flexibility index (Phi) is 3.31. The molecule has 1 aliphatic heterocycles. The van der Waals surface area contributed by atoms with E-state index < -0.39 is 12.2 Å². The summed E-state index contributed by atoms with van der Waals surface area (Å²) in [5.41, 5.74) is 0.708. The number of methoxy groups -OCH3 is 3.